The van der Waals surface area contributed by atoms with Gasteiger partial charge < -0.3 is 15.2 Å². The lowest BCUT2D eigenvalue weighted by atomic mass is 10.2. The standard InChI is InChI=1S/C16H14N2O2S/c17-10-11-2-4-13(18)16(8-11)21-12-3-5-14-15(9-12)20-7-1-6-19-14/h2-5,8-9H,1,6-7,18H2. The Balaban J connectivity index is 1.89. The average molecular weight is 298 g/mol. The number of nitrogen functional groups attached to an aromatic ring is 1. The van der Waals surface area contributed by atoms with Crippen molar-refractivity contribution in [2.24, 2.45) is 0 Å². The molecule has 0 amide bonds. The zero-order valence-corrected chi connectivity index (χ0v) is 12.2. The first-order valence-electron chi connectivity index (χ1n) is 6.63. The van der Waals surface area contributed by atoms with Gasteiger partial charge in [-0.3, -0.25) is 0 Å². The molecule has 0 saturated carbocycles. The highest BCUT2D eigenvalue weighted by Crippen LogP contribution is 2.38. The maximum absolute atomic E-state index is 8.97. The number of nitrogens with two attached hydrogens (primary N) is 1. The number of benzene rings is 2. The molecular weight excluding hydrogens is 284 g/mol. The molecule has 2 aromatic rings. The van der Waals surface area contributed by atoms with Gasteiger partial charge in [0.15, 0.2) is 11.5 Å². The Morgan fingerprint density at radius 2 is 1.86 bits per heavy atom. The van der Waals surface area contributed by atoms with E-state index in [0.29, 0.717) is 24.5 Å². The van der Waals surface area contributed by atoms with Gasteiger partial charge in [0, 0.05) is 21.9 Å². The Morgan fingerprint density at radius 3 is 2.67 bits per heavy atom. The molecule has 3 rings (SSSR count). The Kier molecular flexibility index (Phi) is 3.89. The first kappa shape index (κ1) is 13.7. The van der Waals surface area contributed by atoms with Crippen molar-refractivity contribution >= 4 is 17.4 Å². The SMILES string of the molecule is N#Cc1ccc(N)c(Sc2ccc3c(c2)OCCCO3)c1. The minimum absolute atomic E-state index is 0.598. The van der Waals surface area contributed by atoms with Crippen LogP contribution in [-0.4, -0.2) is 13.2 Å². The molecule has 1 heterocycles. The van der Waals surface area contributed by atoms with Crippen molar-refractivity contribution in [1.82, 2.24) is 0 Å². The van der Waals surface area contributed by atoms with Crippen LogP contribution in [0.3, 0.4) is 0 Å². The minimum Gasteiger partial charge on any atom is -0.490 e. The lowest BCUT2D eigenvalue weighted by Gasteiger charge is -2.10. The predicted molar refractivity (Wildman–Crippen MR) is 81.7 cm³/mol. The van der Waals surface area contributed by atoms with E-state index in [9.17, 15) is 0 Å². The van der Waals surface area contributed by atoms with Crippen molar-refractivity contribution in [3.63, 3.8) is 0 Å². The zero-order chi connectivity index (χ0) is 14.7. The maximum Gasteiger partial charge on any atom is 0.162 e. The van der Waals surface area contributed by atoms with Gasteiger partial charge in [0.05, 0.1) is 24.8 Å². The van der Waals surface area contributed by atoms with Crippen LogP contribution < -0.4 is 15.2 Å². The Labute approximate surface area is 127 Å². The second-order valence-electron chi connectivity index (χ2n) is 4.63. The highest BCUT2D eigenvalue weighted by atomic mass is 32.2. The molecule has 5 heteroatoms. The van der Waals surface area contributed by atoms with Crippen LogP contribution in [0.5, 0.6) is 11.5 Å². The van der Waals surface area contributed by atoms with Crippen molar-refractivity contribution in [3.8, 4) is 17.6 Å². The molecular formula is C16H14N2O2S. The molecule has 106 valence electrons. The van der Waals surface area contributed by atoms with E-state index in [4.69, 9.17) is 20.5 Å². The van der Waals surface area contributed by atoms with Gasteiger partial charge in [-0.1, -0.05) is 11.8 Å². The Bertz CT molecular complexity index is 710. The summed E-state index contributed by atoms with van der Waals surface area (Å²) in [6, 6.07) is 13.2. The van der Waals surface area contributed by atoms with E-state index in [1.54, 1.807) is 18.2 Å². The molecule has 0 spiro atoms. The van der Waals surface area contributed by atoms with Crippen molar-refractivity contribution < 1.29 is 9.47 Å². The van der Waals surface area contributed by atoms with Crippen molar-refractivity contribution in [2.75, 3.05) is 18.9 Å². The monoisotopic (exact) mass is 298 g/mol. The van der Waals surface area contributed by atoms with Crippen LogP contribution >= 0.6 is 11.8 Å². The van der Waals surface area contributed by atoms with Crippen LogP contribution in [0.1, 0.15) is 12.0 Å². The summed E-state index contributed by atoms with van der Waals surface area (Å²) in [5.74, 6) is 1.53. The lowest BCUT2D eigenvalue weighted by Crippen LogP contribution is -1.97. The normalized spacial score (nSPS) is 13.3. The second kappa shape index (κ2) is 5.98. The number of nitriles is 1. The molecule has 0 bridgehead atoms. The van der Waals surface area contributed by atoms with Crippen LogP contribution in [0, 0.1) is 11.3 Å². The molecule has 21 heavy (non-hydrogen) atoms. The smallest absolute Gasteiger partial charge is 0.162 e. The molecule has 1 aliphatic heterocycles. The second-order valence-corrected chi connectivity index (χ2v) is 5.74. The van der Waals surface area contributed by atoms with Crippen molar-refractivity contribution in [3.05, 3.63) is 42.0 Å². The van der Waals surface area contributed by atoms with E-state index >= 15 is 0 Å². The molecule has 0 radical (unpaired) electrons. The van der Waals surface area contributed by atoms with Gasteiger partial charge >= 0.3 is 0 Å². The number of anilines is 1. The lowest BCUT2D eigenvalue weighted by molar-refractivity contribution is 0.297. The summed E-state index contributed by atoms with van der Waals surface area (Å²) in [5.41, 5.74) is 7.23. The molecule has 2 N–H and O–H groups in total. The number of fused-ring (bicyclic) bond motifs is 1. The van der Waals surface area contributed by atoms with Gasteiger partial charge in [0.1, 0.15) is 0 Å². The number of hydrogen-bond acceptors (Lipinski definition) is 5. The molecule has 0 fully saturated rings. The van der Waals surface area contributed by atoms with E-state index in [0.717, 1.165) is 27.7 Å². The Hall–Kier alpha value is -2.32. The molecule has 2 aromatic carbocycles. The number of rotatable bonds is 2. The highest BCUT2D eigenvalue weighted by Gasteiger charge is 2.12. The van der Waals surface area contributed by atoms with Crippen LogP contribution in [0.2, 0.25) is 0 Å². The van der Waals surface area contributed by atoms with Gasteiger partial charge in [0.25, 0.3) is 0 Å². The largest absolute Gasteiger partial charge is 0.490 e. The maximum atomic E-state index is 8.97. The highest BCUT2D eigenvalue weighted by molar-refractivity contribution is 7.99. The third-order valence-corrected chi connectivity index (χ3v) is 4.15. The molecule has 4 nitrogen and oxygen atoms in total. The molecule has 0 aliphatic carbocycles. The zero-order valence-electron chi connectivity index (χ0n) is 11.3. The Morgan fingerprint density at radius 1 is 1.05 bits per heavy atom. The first-order valence-corrected chi connectivity index (χ1v) is 7.45. The van der Waals surface area contributed by atoms with E-state index in [1.165, 1.54) is 11.8 Å². The quantitative estimate of drug-likeness (QED) is 0.860. The summed E-state index contributed by atoms with van der Waals surface area (Å²) in [6.07, 6.45) is 0.883. The molecule has 0 aromatic heterocycles. The fourth-order valence-electron chi connectivity index (χ4n) is 2.03. The summed E-state index contributed by atoms with van der Waals surface area (Å²) >= 11 is 1.51. The van der Waals surface area contributed by atoms with Crippen LogP contribution in [0.15, 0.2) is 46.2 Å². The van der Waals surface area contributed by atoms with E-state index < -0.39 is 0 Å². The summed E-state index contributed by atoms with van der Waals surface area (Å²) in [4.78, 5) is 1.87. The minimum atomic E-state index is 0.598. The van der Waals surface area contributed by atoms with Crippen molar-refractivity contribution in [2.45, 2.75) is 16.2 Å². The van der Waals surface area contributed by atoms with Crippen LogP contribution in [0.25, 0.3) is 0 Å². The summed E-state index contributed by atoms with van der Waals surface area (Å²) in [6.45, 7) is 1.34. The third-order valence-electron chi connectivity index (χ3n) is 3.09. The van der Waals surface area contributed by atoms with Crippen LogP contribution in [0.4, 0.5) is 5.69 Å². The van der Waals surface area contributed by atoms with Gasteiger partial charge in [0.2, 0.25) is 0 Å². The fraction of sp³-hybridized carbons (Fsp3) is 0.188. The van der Waals surface area contributed by atoms with Gasteiger partial charge in [-0.2, -0.15) is 5.26 Å². The topological polar surface area (TPSA) is 68.3 Å². The van der Waals surface area contributed by atoms with E-state index in [1.807, 2.05) is 18.2 Å². The number of nitrogens with zero attached hydrogens (tertiary/aromatic N) is 1. The van der Waals surface area contributed by atoms with Crippen LogP contribution in [-0.2, 0) is 0 Å². The first-order chi connectivity index (χ1) is 10.3. The predicted octanol–water partition coefficient (Wildman–Crippen LogP) is 3.45. The molecule has 0 unspecified atom stereocenters. The summed E-state index contributed by atoms with van der Waals surface area (Å²) < 4.78 is 11.3. The van der Waals surface area contributed by atoms with Crippen molar-refractivity contribution in [1.29, 1.82) is 5.26 Å². The van der Waals surface area contributed by atoms with E-state index in [-0.39, 0.29) is 0 Å². The third kappa shape index (κ3) is 3.06. The summed E-state index contributed by atoms with van der Waals surface area (Å²) in [5, 5.41) is 8.97. The average Bonchev–Trinajstić information content (AvgIpc) is 2.74. The fourth-order valence-corrected chi connectivity index (χ4v) is 2.95. The van der Waals surface area contributed by atoms with Gasteiger partial charge in [-0.25, -0.2) is 0 Å². The molecule has 0 atom stereocenters. The van der Waals surface area contributed by atoms with Gasteiger partial charge in [-0.15, -0.1) is 0 Å². The molecule has 0 saturated heterocycles. The van der Waals surface area contributed by atoms with Gasteiger partial charge in [-0.05, 0) is 36.4 Å². The number of hydrogen-bond donors (Lipinski definition) is 1. The van der Waals surface area contributed by atoms with E-state index in [2.05, 4.69) is 6.07 Å². The number of ether oxygens (including phenoxy) is 2. The molecule has 1 aliphatic rings. The summed E-state index contributed by atoms with van der Waals surface area (Å²) in [7, 11) is 0.